The van der Waals surface area contributed by atoms with Gasteiger partial charge in [0.25, 0.3) is 5.91 Å². The van der Waals surface area contributed by atoms with Gasteiger partial charge in [0.05, 0.1) is 12.0 Å². The van der Waals surface area contributed by atoms with E-state index in [0.29, 0.717) is 6.54 Å². The molecule has 0 bridgehead atoms. The van der Waals surface area contributed by atoms with Crippen molar-refractivity contribution in [3.63, 3.8) is 0 Å². The first-order valence-electron chi connectivity index (χ1n) is 6.72. The van der Waals surface area contributed by atoms with E-state index in [1.165, 1.54) is 11.3 Å². The SMILES string of the molecule is C[C@H](c1ccccc1)N1C[C@H](c2nccs2)C(=C=O)C1=O. The second kappa shape index (κ2) is 5.64. The van der Waals surface area contributed by atoms with Crippen LogP contribution in [0.15, 0.2) is 47.5 Å². The van der Waals surface area contributed by atoms with Gasteiger partial charge in [-0.3, -0.25) is 4.79 Å². The monoisotopic (exact) mass is 298 g/mol. The van der Waals surface area contributed by atoms with Crippen molar-refractivity contribution in [2.45, 2.75) is 18.9 Å². The van der Waals surface area contributed by atoms with E-state index < -0.39 is 0 Å². The number of carbonyl (C=O) groups excluding carboxylic acids is 2. The van der Waals surface area contributed by atoms with E-state index in [1.807, 2.05) is 48.6 Å². The van der Waals surface area contributed by atoms with Gasteiger partial charge in [-0.05, 0) is 12.5 Å². The fraction of sp³-hybridized carbons (Fsp3) is 0.250. The van der Waals surface area contributed by atoms with Gasteiger partial charge in [-0.15, -0.1) is 11.3 Å². The van der Waals surface area contributed by atoms with Crippen molar-refractivity contribution in [2.75, 3.05) is 6.54 Å². The number of benzene rings is 1. The largest absolute Gasteiger partial charge is 0.330 e. The van der Waals surface area contributed by atoms with Crippen LogP contribution in [0.4, 0.5) is 0 Å². The minimum absolute atomic E-state index is 0.0768. The fourth-order valence-corrected chi connectivity index (χ4v) is 3.38. The van der Waals surface area contributed by atoms with E-state index in [-0.39, 0.29) is 23.4 Å². The fourth-order valence-electron chi connectivity index (χ4n) is 2.64. The van der Waals surface area contributed by atoms with Crippen LogP contribution < -0.4 is 0 Å². The molecule has 1 aliphatic heterocycles. The van der Waals surface area contributed by atoms with Crippen LogP contribution in [-0.4, -0.2) is 28.3 Å². The second-order valence-electron chi connectivity index (χ2n) is 4.98. The Morgan fingerprint density at radius 3 is 2.76 bits per heavy atom. The molecule has 1 aromatic carbocycles. The maximum Gasteiger partial charge on any atom is 0.262 e. The van der Waals surface area contributed by atoms with E-state index in [2.05, 4.69) is 4.98 Å². The van der Waals surface area contributed by atoms with E-state index in [1.54, 1.807) is 11.1 Å². The molecule has 3 rings (SSSR count). The third-order valence-electron chi connectivity index (χ3n) is 3.83. The molecule has 106 valence electrons. The number of hydrogen-bond donors (Lipinski definition) is 0. The Kier molecular flexibility index (Phi) is 3.69. The minimum atomic E-state index is -0.263. The lowest BCUT2D eigenvalue weighted by molar-refractivity contribution is -0.126. The number of hydrogen-bond acceptors (Lipinski definition) is 4. The summed E-state index contributed by atoms with van der Waals surface area (Å²) in [5, 5.41) is 2.65. The highest BCUT2D eigenvalue weighted by molar-refractivity contribution is 7.09. The molecule has 0 N–H and O–H groups in total. The Labute approximate surface area is 126 Å². The average molecular weight is 298 g/mol. The van der Waals surface area contributed by atoms with Crippen LogP contribution in [-0.2, 0) is 9.59 Å². The molecule has 0 saturated carbocycles. The van der Waals surface area contributed by atoms with Crippen molar-refractivity contribution in [3.05, 3.63) is 58.1 Å². The summed E-state index contributed by atoms with van der Waals surface area (Å²) in [5.41, 5.74) is 1.24. The predicted molar refractivity (Wildman–Crippen MR) is 80.6 cm³/mol. The van der Waals surface area contributed by atoms with Crippen molar-refractivity contribution in [1.29, 1.82) is 0 Å². The molecule has 5 heteroatoms. The summed E-state index contributed by atoms with van der Waals surface area (Å²) in [6, 6.07) is 9.73. The van der Waals surface area contributed by atoms with Crippen LogP contribution in [0.25, 0.3) is 0 Å². The molecule has 1 aromatic heterocycles. The lowest BCUT2D eigenvalue weighted by Crippen LogP contribution is -2.28. The van der Waals surface area contributed by atoms with E-state index in [0.717, 1.165) is 10.6 Å². The van der Waals surface area contributed by atoms with Crippen LogP contribution in [0.2, 0.25) is 0 Å². The Balaban J connectivity index is 1.92. The zero-order chi connectivity index (χ0) is 14.8. The molecular formula is C16H14N2O2S. The molecular weight excluding hydrogens is 284 g/mol. The summed E-state index contributed by atoms with van der Waals surface area (Å²) in [4.78, 5) is 29.6. The Bertz CT molecular complexity index is 690. The molecule has 1 saturated heterocycles. The molecule has 2 atom stereocenters. The zero-order valence-electron chi connectivity index (χ0n) is 11.5. The van der Waals surface area contributed by atoms with Gasteiger partial charge < -0.3 is 4.90 Å². The van der Waals surface area contributed by atoms with Gasteiger partial charge >= 0.3 is 0 Å². The highest BCUT2D eigenvalue weighted by Crippen LogP contribution is 2.37. The molecule has 21 heavy (non-hydrogen) atoms. The smallest absolute Gasteiger partial charge is 0.262 e. The number of likely N-dealkylation sites (tertiary alicyclic amines) is 1. The van der Waals surface area contributed by atoms with Gasteiger partial charge in [0.15, 0.2) is 0 Å². The third-order valence-corrected chi connectivity index (χ3v) is 4.72. The molecule has 0 aliphatic carbocycles. The summed E-state index contributed by atoms with van der Waals surface area (Å²) in [6.07, 6.45) is 1.69. The molecule has 2 aromatic rings. The summed E-state index contributed by atoms with van der Waals surface area (Å²) in [6.45, 7) is 2.45. The van der Waals surface area contributed by atoms with Crippen molar-refractivity contribution in [3.8, 4) is 0 Å². The lowest BCUT2D eigenvalue weighted by atomic mass is 10.1. The summed E-state index contributed by atoms with van der Waals surface area (Å²) >= 11 is 1.46. The average Bonchev–Trinajstić information content (AvgIpc) is 3.15. The van der Waals surface area contributed by atoms with Crippen LogP contribution in [0, 0.1) is 0 Å². The van der Waals surface area contributed by atoms with E-state index >= 15 is 0 Å². The Hall–Kier alpha value is -2.23. The standard InChI is InChI=1S/C16H14N2O2S/c1-11(12-5-3-2-4-6-12)18-9-13(14(10-19)16(18)20)15-17-7-8-21-15/h2-8,11,13H,9H2,1H3/t11-,13+/m1/s1. The maximum atomic E-state index is 12.5. The second-order valence-corrected chi connectivity index (χ2v) is 5.91. The molecule has 0 radical (unpaired) electrons. The van der Waals surface area contributed by atoms with Crippen LogP contribution in [0.1, 0.15) is 29.5 Å². The quantitative estimate of drug-likeness (QED) is 0.646. The highest BCUT2D eigenvalue weighted by atomic mass is 32.1. The predicted octanol–water partition coefficient (Wildman–Crippen LogP) is 2.59. The van der Waals surface area contributed by atoms with E-state index in [4.69, 9.17) is 0 Å². The zero-order valence-corrected chi connectivity index (χ0v) is 12.3. The molecule has 0 spiro atoms. The normalized spacial score (nSPS) is 19.7. The van der Waals surface area contributed by atoms with Crippen LogP contribution in [0.5, 0.6) is 0 Å². The first-order chi connectivity index (χ1) is 10.2. The van der Waals surface area contributed by atoms with Gasteiger partial charge in [0.2, 0.25) is 0 Å². The van der Waals surface area contributed by atoms with Gasteiger partial charge in [0, 0.05) is 18.1 Å². The van der Waals surface area contributed by atoms with Crippen LogP contribution in [0.3, 0.4) is 0 Å². The Morgan fingerprint density at radius 1 is 1.38 bits per heavy atom. The maximum absolute atomic E-state index is 12.5. The molecule has 1 amide bonds. The molecule has 2 heterocycles. The number of nitrogens with zero attached hydrogens (tertiary/aromatic N) is 2. The van der Waals surface area contributed by atoms with Crippen LogP contribution >= 0.6 is 11.3 Å². The Morgan fingerprint density at radius 2 is 2.14 bits per heavy atom. The van der Waals surface area contributed by atoms with E-state index in [9.17, 15) is 9.59 Å². The topological polar surface area (TPSA) is 50.3 Å². The number of amides is 1. The minimum Gasteiger partial charge on any atom is -0.330 e. The molecule has 4 nitrogen and oxygen atoms in total. The number of thiazole rings is 1. The summed E-state index contributed by atoms with van der Waals surface area (Å²) in [5.74, 6) is 1.33. The van der Waals surface area contributed by atoms with Gasteiger partial charge in [-0.1, -0.05) is 30.3 Å². The summed E-state index contributed by atoms with van der Waals surface area (Å²) in [7, 11) is 0. The van der Waals surface area contributed by atoms with Crippen molar-refractivity contribution < 1.29 is 9.59 Å². The van der Waals surface area contributed by atoms with Crippen molar-refractivity contribution in [1.82, 2.24) is 9.88 Å². The first-order valence-corrected chi connectivity index (χ1v) is 7.60. The summed E-state index contributed by atoms with van der Waals surface area (Å²) < 4.78 is 0. The number of aromatic nitrogens is 1. The van der Waals surface area contributed by atoms with Crippen molar-refractivity contribution >= 4 is 23.2 Å². The highest BCUT2D eigenvalue weighted by Gasteiger charge is 2.40. The van der Waals surface area contributed by atoms with Crippen molar-refractivity contribution in [2.24, 2.45) is 0 Å². The molecule has 1 aliphatic rings. The molecule has 1 fully saturated rings. The van der Waals surface area contributed by atoms with Gasteiger partial charge in [-0.2, -0.15) is 0 Å². The van der Waals surface area contributed by atoms with Gasteiger partial charge in [0.1, 0.15) is 16.5 Å². The number of rotatable bonds is 3. The van der Waals surface area contributed by atoms with Gasteiger partial charge in [-0.25, -0.2) is 9.78 Å². The lowest BCUT2D eigenvalue weighted by Gasteiger charge is -2.24. The first kappa shape index (κ1) is 13.7. The number of carbonyl (C=O) groups is 1. The third kappa shape index (κ3) is 2.42. The molecule has 0 unspecified atom stereocenters.